The number of carbonyl (C=O) groups is 2. The van der Waals surface area contributed by atoms with Crippen LogP contribution in [-0.2, 0) is 9.59 Å². The van der Waals surface area contributed by atoms with Crippen LogP contribution in [0.15, 0.2) is 12.2 Å². The maximum absolute atomic E-state index is 12.7. The molecule has 1 aliphatic carbocycles. The molecule has 1 saturated heterocycles. The van der Waals surface area contributed by atoms with Crippen LogP contribution in [-0.4, -0.2) is 47.3 Å². The fourth-order valence-electron chi connectivity index (χ4n) is 3.57. The summed E-state index contributed by atoms with van der Waals surface area (Å²) in [5, 5.41) is 0. The third kappa shape index (κ3) is 3.86. The standard InChI is InChI=1S/C17H28N2O2/c1-4-18(11-13(2)3)17(21)14-9-10-16(20)19(12-14)15-7-5-6-8-15/h14-15H,2,4-12H2,1,3H3. The zero-order valence-electron chi connectivity index (χ0n) is 13.4. The number of hydrogen-bond donors (Lipinski definition) is 0. The van der Waals surface area contributed by atoms with E-state index in [-0.39, 0.29) is 17.7 Å². The lowest BCUT2D eigenvalue weighted by Crippen LogP contribution is -2.50. The predicted molar refractivity (Wildman–Crippen MR) is 83.8 cm³/mol. The molecule has 1 saturated carbocycles. The van der Waals surface area contributed by atoms with Crippen LogP contribution >= 0.6 is 0 Å². The lowest BCUT2D eigenvalue weighted by molar-refractivity contribution is -0.144. The number of nitrogens with zero attached hydrogens (tertiary/aromatic N) is 2. The molecular weight excluding hydrogens is 264 g/mol. The quantitative estimate of drug-likeness (QED) is 0.731. The number of piperidine rings is 1. The highest BCUT2D eigenvalue weighted by atomic mass is 16.2. The molecule has 2 rings (SSSR count). The molecule has 2 fully saturated rings. The molecular formula is C17H28N2O2. The largest absolute Gasteiger partial charge is 0.339 e. The summed E-state index contributed by atoms with van der Waals surface area (Å²) in [6.45, 7) is 9.81. The molecule has 1 unspecified atom stereocenters. The Morgan fingerprint density at radius 2 is 2.00 bits per heavy atom. The number of amides is 2. The van der Waals surface area contributed by atoms with E-state index in [9.17, 15) is 9.59 Å². The van der Waals surface area contributed by atoms with Crippen molar-refractivity contribution in [3.63, 3.8) is 0 Å². The second-order valence-electron chi connectivity index (χ2n) is 6.53. The molecule has 4 nitrogen and oxygen atoms in total. The molecule has 21 heavy (non-hydrogen) atoms. The lowest BCUT2D eigenvalue weighted by atomic mass is 9.94. The Balaban J connectivity index is 2.00. The van der Waals surface area contributed by atoms with Crippen molar-refractivity contribution in [2.75, 3.05) is 19.6 Å². The van der Waals surface area contributed by atoms with E-state index in [4.69, 9.17) is 0 Å². The molecule has 0 aromatic heterocycles. The van der Waals surface area contributed by atoms with E-state index in [2.05, 4.69) is 6.58 Å². The number of carbonyl (C=O) groups excluding carboxylic acids is 2. The van der Waals surface area contributed by atoms with Gasteiger partial charge < -0.3 is 9.80 Å². The maximum Gasteiger partial charge on any atom is 0.227 e. The number of likely N-dealkylation sites (N-methyl/N-ethyl adjacent to an activating group) is 1. The first-order valence-corrected chi connectivity index (χ1v) is 8.25. The van der Waals surface area contributed by atoms with E-state index in [1.807, 2.05) is 23.6 Å². The highest BCUT2D eigenvalue weighted by Crippen LogP contribution is 2.29. The van der Waals surface area contributed by atoms with E-state index in [0.717, 1.165) is 18.4 Å². The van der Waals surface area contributed by atoms with Gasteiger partial charge in [-0.2, -0.15) is 0 Å². The van der Waals surface area contributed by atoms with Crippen LogP contribution in [0.3, 0.4) is 0 Å². The number of hydrogen-bond acceptors (Lipinski definition) is 2. The monoisotopic (exact) mass is 292 g/mol. The molecule has 2 amide bonds. The van der Waals surface area contributed by atoms with Gasteiger partial charge in [-0.05, 0) is 33.1 Å². The van der Waals surface area contributed by atoms with Crippen LogP contribution < -0.4 is 0 Å². The highest BCUT2D eigenvalue weighted by Gasteiger charge is 2.36. The zero-order valence-corrected chi connectivity index (χ0v) is 13.4. The first kappa shape index (κ1) is 16.1. The molecule has 1 aliphatic heterocycles. The average Bonchev–Trinajstić information content (AvgIpc) is 2.98. The van der Waals surface area contributed by atoms with Crippen LogP contribution in [0.5, 0.6) is 0 Å². The summed E-state index contributed by atoms with van der Waals surface area (Å²) >= 11 is 0. The highest BCUT2D eigenvalue weighted by molar-refractivity contribution is 5.84. The molecule has 1 atom stereocenters. The van der Waals surface area contributed by atoms with Gasteiger partial charge in [-0.25, -0.2) is 0 Å². The number of likely N-dealkylation sites (tertiary alicyclic amines) is 1. The van der Waals surface area contributed by atoms with Gasteiger partial charge in [0.2, 0.25) is 11.8 Å². The molecule has 1 heterocycles. The summed E-state index contributed by atoms with van der Waals surface area (Å²) < 4.78 is 0. The number of rotatable bonds is 5. The van der Waals surface area contributed by atoms with Crippen molar-refractivity contribution in [2.45, 2.75) is 58.4 Å². The van der Waals surface area contributed by atoms with Gasteiger partial charge in [0.05, 0.1) is 5.92 Å². The minimum atomic E-state index is -0.0254. The molecule has 118 valence electrons. The van der Waals surface area contributed by atoms with Gasteiger partial charge in [-0.3, -0.25) is 9.59 Å². The summed E-state index contributed by atoms with van der Waals surface area (Å²) in [5.74, 6) is 0.410. The van der Waals surface area contributed by atoms with Gasteiger partial charge in [0.15, 0.2) is 0 Å². The van der Waals surface area contributed by atoms with Crippen LogP contribution in [0.25, 0.3) is 0 Å². The van der Waals surface area contributed by atoms with Crippen LogP contribution in [0, 0.1) is 5.92 Å². The Morgan fingerprint density at radius 1 is 1.33 bits per heavy atom. The molecule has 0 aromatic rings. The fraction of sp³-hybridized carbons (Fsp3) is 0.765. The first-order valence-electron chi connectivity index (χ1n) is 8.25. The average molecular weight is 292 g/mol. The summed E-state index contributed by atoms with van der Waals surface area (Å²) in [7, 11) is 0. The summed E-state index contributed by atoms with van der Waals surface area (Å²) in [5.41, 5.74) is 1.00. The van der Waals surface area contributed by atoms with E-state index < -0.39 is 0 Å². The SMILES string of the molecule is C=C(C)CN(CC)C(=O)C1CCC(=O)N(C2CCCC2)C1. The molecule has 0 N–H and O–H groups in total. The van der Waals surface area contributed by atoms with E-state index in [1.54, 1.807) is 0 Å². The molecule has 4 heteroatoms. The fourth-order valence-corrected chi connectivity index (χ4v) is 3.57. The van der Waals surface area contributed by atoms with Crippen molar-refractivity contribution in [3.8, 4) is 0 Å². The van der Waals surface area contributed by atoms with Crippen molar-refractivity contribution in [1.82, 2.24) is 9.80 Å². The Bertz CT molecular complexity index is 413. The van der Waals surface area contributed by atoms with Crippen molar-refractivity contribution in [1.29, 1.82) is 0 Å². The minimum Gasteiger partial charge on any atom is -0.339 e. The van der Waals surface area contributed by atoms with E-state index >= 15 is 0 Å². The van der Waals surface area contributed by atoms with Crippen molar-refractivity contribution < 1.29 is 9.59 Å². The first-order chi connectivity index (χ1) is 10.0. The van der Waals surface area contributed by atoms with Crippen molar-refractivity contribution in [3.05, 3.63) is 12.2 Å². The Hall–Kier alpha value is -1.32. The molecule has 0 bridgehead atoms. The third-order valence-electron chi connectivity index (χ3n) is 4.71. The van der Waals surface area contributed by atoms with Gasteiger partial charge in [0, 0.05) is 32.1 Å². The Kier molecular flexibility index (Phi) is 5.43. The third-order valence-corrected chi connectivity index (χ3v) is 4.71. The van der Waals surface area contributed by atoms with Gasteiger partial charge in [0.25, 0.3) is 0 Å². The normalized spacial score (nSPS) is 23.4. The van der Waals surface area contributed by atoms with Crippen LogP contribution in [0.1, 0.15) is 52.4 Å². The molecule has 0 aromatic carbocycles. The maximum atomic E-state index is 12.7. The van der Waals surface area contributed by atoms with E-state index in [0.29, 0.717) is 38.5 Å². The smallest absolute Gasteiger partial charge is 0.227 e. The molecule has 2 aliphatic rings. The van der Waals surface area contributed by atoms with Crippen LogP contribution in [0.2, 0.25) is 0 Å². The van der Waals surface area contributed by atoms with E-state index in [1.165, 1.54) is 12.8 Å². The Morgan fingerprint density at radius 3 is 2.57 bits per heavy atom. The molecule has 0 radical (unpaired) electrons. The zero-order chi connectivity index (χ0) is 15.4. The van der Waals surface area contributed by atoms with Crippen LogP contribution in [0.4, 0.5) is 0 Å². The van der Waals surface area contributed by atoms with Gasteiger partial charge in [-0.15, -0.1) is 0 Å². The van der Waals surface area contributed by atoms with Gasteiger partial charge in [0.1, 0.15) is 0 Å². The lowest BCUT2D eigenvalue weighted by Gasteiger charge is -2.38. The predicted octanol–water partition coefficient (Wildman–Crippen LogP) is 2.59. The Labute approximate surface area is 128 Å². The topological polar surface area (TPSA) is 40.6 Å². The second-order valence-corrected chi connectivity index (χ2v) is 6.53. The summed E-state index contributed by atoms with van der Waals surface area (Å²) in [6.07, 6.45) is 5.87. The van der Waals surface area contributed by atoms with Gasteiger partial charge in [-0.1, -0.05) is 25.0 Å². The summed E-state index contributed by atoms with van der Waals surface area (Å²) in [6, 6.07) is 0.379. The molecule has 0 spiro atoms. The van der Waals surface area contributed by atoms with Crippen molar-refractivity contribution in [2.24, 2.45) is 5.92 Å². The second kappa shape index (κ2) is 7.10. The summed E-state index contributed by atoms with van der Waals surface area (Å²) in [4.78, 5) is 28.7. The minimum absolute atomic E-state index is 0.0254. The van der Waals surface area contributed by atoms with Crippen molar-refractivity contribution >= 4 is 11.8 Å². The van der Waals surface area contributed by atoms with Gasteiger partial charge >= 0.3 is 0 Å².